The number of hydrogen-bond donors (Lipinski definition) is 2. The lowest BCUT2D eigenvalue weighted by Gasteiger charge is -2.24. The molecule has 1 atom stereocenters. The van der Waals surface area contributed by atoms with Crippen LogP contribution in [0.2, 0.25) is 0 Å². The second-order valence-corrected chi connectivity index (χ2v) is 4.86. The molecule has 1 aliphatic rings. The predicted octanol–water partition coefficient (Wildman–Crippen LogP) is 2.69. The Morgan fingerprint density at radius 3 is 2.81 bits per heavy atom. The van der Waals surface area contributed by atoms with E-state index in [0.717, 1.165) is 18.5 Å². The summed E-state index contributed by atoms with van der Waals surface area (Å²) in [5.41, 5.74) is 3.63. The van der Waals surface area contributed by atoms with Gasteiger partial charge < -0.3 is 10.4 Å². The van der Waals surface area contributed by atoms with Crippen LogP contribution < -0.4 is 5.32 Å². The highest BCUT2D eigenvalue weighted by molar-refractivity contribution is 5.43. The minimum absolute atomic E-state index is 0.454. The van der Waals surface area contributed by atoms with Crippen molar-refractivity contribution in [3.63, 3.8) is 0 Å². The first kappa shape index (κ1) is 11.5. The van der Waals surface area contributed by atoms with Crippen LogP contribution in [-0.4, -0.2) is 17.7 Å². The second-order valence-electron chi connectivity index (χ2n) is 4.86. The molecule has 0 saturated carbocycles. The summed E-state index contributed by atoms with van der Waals surface area (Å²) in [7, 11) is 0. The summed E-state index contributed by atoms with van der Waals surface area (Å²) in [4.78, 5) is 0. The number of benzene rings is 1. The Labute approximate surface area is 97.7 Å². The lowest BCUT2D eigenvalue weighted by molar-refractivity contribution is 0.391. The Kier molecular flexibility index (Phi) is 3.49. The molecular formula is C14H21NO. The number of hydrogen-bond acceptors (Lipinski definition) is 2. The molecule has 0 aliphatic carbocycles. The Bertz CT molecular complexity index is 367. The van der Waals surface area contributed by atoms with Crippen LogP contribution in [0.5, 0.6) is 5.75 Å². The lowest BCUT2D eigenvalue weighted by atomic mass is 9.93. The Hall–Kier alpha value is -1.02. The quantitative estimate of drug-likeness (QED) is 0.801. The van der Waals surface area contributed by atoms with Crippen molar-refractivity contribution < 1.29 is 5.11 Å². The average Bonchev–Trinajstić information content (AvgIpc) is 2.31. The maximum absolute atomic E-state index is 9.92. The van der Waals surface area contributed by atoms with Crippen LogP contribution in [0.4, 0.5) is 0 Å². The highest BCUT2D eigenvalue weighted by Crippen LogP contribution is 2.26. The fraction of sp³-hybridized carbons (Fsp3) is 0.571. The number of aromatic hydroxyl groups is 1. The van der Waals surface area contributed by atoms with E-state index in [0.29, 0.717) is 11.8 Å². The van der Waals surface area contributed by atoms with Gasteiger partial charge in [-0.2, -0.15) is 0 Å². The molecule has 2 N–H and O–H groups in total. The molecule has 1 aromatic carbocycles. The summed E-state index contributed by atoms with van der Waals surface area (Å²) >= 11 is 0. The molecule has 0 spiro atoms. The van der Waals surface area contributed by atoms with E-state index in [1.54, 1.807) is 0 Å². The van der Waals surface area contributed by atoms with E-state index in [1.807, 2.05) is 12.1 Å². The van der Waals surface area contributed by atoms with Crippen LogP contribution in [0.1, 0.15) is 36.0 Å². The van der Waals surface area contributed by atoms with Crippen LogP contribution in [0, 0.1) is 13.8 Å². The highest BCUT2D eigenvalue weighted by Gasteiger charge is 2.16. The molecule has 2 nitrogen and oxygen atoms in total. The molecule has 1 unspecified atom stereocenters. The van der Waals surface area contributed by atoms with Crippen molar-refractivity contribution >= 4 is 0 Å². The topological polar surface area (TPSA) is 32.3 Å². The van der Waals surface area contributed by atoms with Crippen LogP contribution in [-0.2, 0) is 6.42 Å². The summed E-state index contributed by atoms with van der Waals surface area (Å²) in [6, 6.07) is 4.35. The van der Waals surface area contributed by atoms with Crippen molar-refractivity contribution in [1.82, 2.24) is 5.32 Å². The van der Waals surface area contributed by atoms with E-state index in [1.165, 1.54) is 30.4 Å². The van der Waals surface area contributed by atoms with Gasteiger partial charge in [0.15, 0.2) is 0 Å². The molecule has 88 valence electrons. The number of phenolic OH excluding ortho intramolecular Hbond substituents is 1. The third-order valence-electron chi connectivity index (χ3n) is 3.71. The van der Waals surface area contributed by atoms with Gasteiger partial charge in [0, 0.05) is 6.04 Å². The van der Waals surface area contributed by atoms with Gasteiger partial charge in [0.1, 0.15) is 5.75 Å². The molecule has 2 heteroatoms. The van der Waals surface area contributed by atoms with Gasteiger partial charge in [-0.1, -0.05) is 12.5 Å². The Morgan fingerprint density at radius 1 is 1.31 bits per heavy atom. The average molecular weight is 219 g/mol. The van der Waals surface area contributed by atoms with Crippen molar-refractivity contribution in [3.05, 3.63) is 28.8 Å². The van der Waals surface area contributed by atoms with Crippen molar-refractivity contribution in [3.8, 4) is 5.75 Å². The zero-order valence-electron chi connectivity index (χ0n) is 10.2. The van der Waals surface area contributed by atoms with Gasteiger partial charge in [0.25, 0.3) is 0 Å². The van der Waals surface area contributed by atoms with Gasteiger partial charge in [0.05, 0.1) is 0 Å². The van der Waals surface area contributed by atoms with Gasteiger partial charge in [-0.3, -0.25) is 0 Å². The first-order valence-electron chi connectivity index (χ1n) is 6.20. The Morgan fingerprint density at radius 2 is 2.12 bits per heavy atom. The SMILES string of the molecule is Cc1ccc(O)c(CC2CCCCN2)c1C. The molecule has 1 aliphatic heterocycles. The van der Waals surface area contributed by atoms with E-state index in [4.69, 9.17) is 0 Å². The third-order valence-corrected chi connectivity index (χ3v) is 3.71. The summed E-state index contributed by atoms with van der Waals surface area (Å²) in [5.74, 6) is 0.454. The first-order valence-corrected chi connectivity index (χ1v) is 6.20. The van der Waals surface area contributed by atoms with Gasteiger partial charge >= 0.3 is 0 Å². The summed E-state index contributed by atoms with van der Waals surface area (Å²) in [6.07, 6.45) is 4.78. The zero-order valence-corrected chi connectivity index (χ0v) is 10.2. The van der Waals surface area contributed by atoms with E-state index in [2.05, 4.69) is 19.2 Å². The summed E-state index contributed by atoms with van der Waals surface area (Å²) in [5, 5.41) is 13.4. The molecule has 0 radical (unpaired) electrons. The van der Waals surface area contributed by atoms with E-state index < -0.39 is 0 Å². The maximum atomic E-state index is 9.92. The molecule has 2 rings (SSSR count). The van der Waals surface area contributed by atoms with E-state index in [9.17, 15) is 5.11 Å². The van der Waals surface area contributed by atoms with Crippen LogP contribution in [0.3, 0.4) is 0 Å². The van der Waals surface area contributed by atoms with Crippen LogP contribution in [0.15, 0.2) is 12.1 Å². The van der Waals surface area contributed by atoms with Gasteiger partial charge in [-0.05, 0) is 62.4 Å². The Balaban J connectivity index is 2.16. The maximum Gasteiger partial charge on any atom is 0.119 e. The summed E-state index contributed by atoms with van der Waals surface area (Å²) in [6.45, 7) is 5.33. The number of piperidine rings is 1. The molecule has 0 amide bonds. The van der Waals surface area contributed by atoms with Gasteiger partial charge in [0.2, 0.25) is 0 Å². The molecule has 1 aromatic rings. The van der Waals surface area contributed by atoms with Crippen molar-refractivity contribution in [1.29, 1.82) is 0 Å². The number of phenols is 1. The molecule has 16 heavy (non-hydrogen) atoms. The number of nitrogens with one attached hydrogen (secondary N) is 1. The predicted molar refractivity (Wildman–Crippen MR) is 66.9 cm³/mol. The van der Waals surface area contributed by atoms with E-state index >= 15 is 0 Å². The molecule has 0 bridgehead atoms. The molecule has 1 fully saturated rings. The van der Waals surface area contributed by atoms with Crippen molar-refractivity contribution in [2.45, 2.75) is 45.6 Å². The summed E-state index contributed by atoms with van der Waals surface area (Å²) < 4.78 is 0. The standard InChI is InChI=1S/C14H21NO/c1-10-6-7-14(16)13(11(10)2)9-12-5-3-4-8-15-12/h6-7,12,15-16H,3-5,8-9H2,1-2H3. The van der Waals surface area contributed by atoms with Crippen molar-refractivity contribution in [2.75, 3.05) is 6.54 Å². The zero-order chi connectivity index (χ0) is 11.5. The lowest BCUT2D eigenvalue weighted by Crippen LogP contribution is -2.35. The van der Waals surface area contributed by atoms with Gasteiger partial charge in [-0.25, -0.2) is 0 Å². The highest BCUT2D eigenvalue weighted by atomic mass is 16.3. The smallest absolute Gasteiger partial charge is 0.119 e. The number of rotatable bonds is 2. The van der Waals surface area contributed by atoms with Crippen molar-refractivity contribution in [2.24, 2.45) is 0 Å². The molecular weight excluding hydrogens is 198 g/mol. The van der Waals surface area contributed by atoms with Crippen LogP contribution in [0.25, 0.3) is 0 Å². The first-order chi connectivity index (χ1) is 7.68. The van der Waals surface area contributed by atoms with E-state index in [-0.39, 0.29) is 0 Å². The second kappa shape index (κ2) is 4.88. The third kappa shape index (κ3) is 2.38. The fourth-order valence-corrected chi connectivity index (χ4v) is 2.46. The molecule has 1 heterocycles. The monoisotopic (exact) mass is 219 g/mol. The minimum Gasteiger partial charge on any atom is -0.508 e. The minimum atomic E-state index is 0.454. The molecule has 0 aromatic heterocycles. The van der Waals surface area contributed by atoms with Crippen LogP contribution >= 0.6 is 0 Å². The van der Waals surface area contributed by atoms with Gasteiger partial charge in [-0.15, -0.1) is 0 Å². The number of aryl methyl sites for hydroxylation is 1. The largest absolute Gasteiger partial charge is 0.508 e. The molecule has 1 saturated heterocycles. The normalized spacial score (nSPS) is 21.0. The fourth-order valence-electron chi connectivity index (χ4n) is 2.46.